The van der Waals surface area contributed by atoms with E-state index in [4.69, 9.17) is 0 Å². The van der Waals surface area contributed by atoms with Gasteiger partial charge in [-0.25, -0.2) is 0 Å². The predicted octanol–water partition coefficient (Wildman–Crippen LogP) is 3.45. The predicted molar refractivity (Wildman–Crippen MR) is 52.1 cm³/mol. The third kappa shape index (κ3) is 3.08. The van der Waals surface area contributed by atoms with E-state index in [2.05, 4.69) is 27.8 Å². The van der Waals surface area contributed by atoms with Crippen molar-refractivity contribution < 1.29 is 13.2 Å². The molecule has 0 saturated carbocycles. The molecule has 0 N–H and O–H groups in total. The van der Waals surface area contributed by atoms with Crippen LogP contribution in [0.3, 0.4) is 0 Å². The molecule has 0 aliphatic heterocycles. The standard InChI is InChI=1S/C10H6BrF3/c11-7-1-2-8-3-5-9(6-4-8)10(12,13)14/h3-6H,7H2. The van der Waals surface area contributed by atoms with E-state index >= 15 is 0 Å². The van der Waals surface area contributed by atoms with Crippen molar-refractivity contribution in [1.82, 2.24) is 0 Å². The van der Waals surface area contributed by atoms with Crippen LogP contribution in [0.15, 0.2) is 24.3 Å². The molecule has 0 radical (unpaired) electrons. The van der Waals surface area contributed by atoms with E-state index in [0.717, 1.165) is 12.1 Å². The molecule has 0 nitrogen and oxygen atoms in total. The fraction of sp³-hybridized carbons (Fsp3) is 0.200. The van der Waals surface area contributed by atoms with Crippen molar-refractivity contribution in [1.29, 1.82) is 0 Å². The number of rotatable bonds is 0. The van der Waals surface area contributed by atoms with Crippen molar-refractivity contribution in [2.24, 2.45) is 0 Å². The van der Waals surface area contributed by atoms with Crippen LogP contribution in [0.25, 0.3) is 0 Å². The molecule has 14 heavy (non-hydrogen) atoms. The van der Waals surface area contributed by atoms with E-state index in [1.165, 1.54) is 12.1 Å². The fourth-order valence-electron chi connectivity index (χ4n) is 0.878. The first-order chi connectivity index (χ1) is 6.54. The highest BCUT2D eigenvalue weighted by molar-refractivity contribution is 9.09. The second-order valence-electron chi connectivity index (χ2n) is 2.51. The summed E-state index contributed by atoms with van der Waals surface area (Å²) in [7, 11) is 0. The molecule has 0 atom stereocenters. The number of halogens is 4. The van der Waals surface area contributed by atoms with Gasteiger partial charge in [0.05, 0.1) is 10.9 Å². The lowest BCUT2D eigenvalue weighted by molar-refractivity contribution is -0.137. The molecule has 0 heterocycles. The Morgan fingerprint density at radius 1 is 1.14 bits per heavy atom. The highest BCUT2D eigenvalue weighted by atomic mass is 79.9. The van der Waals surface area contributed by atoms with E-state index in [9.17, 15) is 13.2 Å². The summed E-state index contributed by atoms with van der Waals surface area (Å²) in [5, 5.41) is 0.508. The number of hydrogen-bond acceptors (Lipinski definition) is 0. The summed E-state index contributed by atoms with van der Waals surface area (Å²) >= 11 is 3.10. The van der Waals surface area contributed by atoms with Gasteiger partial charge in [-0.15, -0.1) is 0 Å². The maximum atomic E-state index is 12.1. The molecule has 1 rings (SSSR count). The monoisotopic (exact) mass is 262 g/mol. The van der Waals surface area contributed by atoms with Crippen LogP contribution in [0, 0.1) is 11.8 Å². The molecule has 1 aromatic rings. The van der Waals surface area contributed by atoms with Gasteiger partial charge in [0.1, 0.15) is 0 Å². The molecule has 0 bridgehead atoms. The van der Waals surface area contributed by atoms with Gasteiger partial charge in [-0.3, -0.25) is 0 Å². The van der Waals surface area contributed by atoms with Crippen LogP contribution in [0.2, 0.25) is 0 Å². The first-order valence-electron chi connectivity index (χ1n) is 3.76. The Kier molecular flexibility index (Phi) is 3.59. The van der Waals surface area contributed by atoms with Crippen molar-refractivity contribution in [2.45, 2.75) is 6.18 Å². The van der Waals surface area contributed by atoms with Crippen molar-refractivity contribution in [3.8, 4) is 11.8 Å². The third-order valence-corrected chi connectivity index (χ3v) is 1.79. The Balaban J connectivity index is 2.89. The molecule has 0 aliphatic rings. The quantitative estimate of drug-likeness (QED) is 0.496. The van der Waals surface area contributed by atoms with E-state index in [0.29, 0.717) is 10.9 Å². The molecule has 4 heteroatoms. The smallest absolute Gasteiger partial charge is 0.166 e. The highest BCUT2D eigenvalue weighted by Gasteiger charge is 2.29. The van der Waals surface area contributed by atoms with E-state index in [1.54, 1.807) is 0 Å². The summed E-state index contributed by atoms with van der Waals surface area (Å²) in [6.45, 7) is 0. The second kappa shape index (κ2) is 4.52. The van der Waals surface area contributed by atoms with Crippen molar-refractivity contribution in [3.63, 3.8) is 0 Å². The summed E-state index contributed by atoms with van der Waals surface area (Å²) in [6.07, 6.45) is -4.28. The zero-order valence-corrected chi connectivity index (χ0v) is 8.61. The third-order valence-electron chi connectivity index (χ3n) is 1.51. The van der Waals surface area contributed by atoms with Crippen LogP contribution in [-0.2, 0) is 6.18 Å². The van der Waals surface area contributed by atoms with E-state index in [1.807, 2.05) is 0 Å². The Bertz CT molecular complexity index is 354. The molecular weight excluding hydrogens is 257 g/mol. The lowest BCUT2D eigenvalue weighted by atomic mass is 10.1. The van der Waals surface area contributed by atoms with Crippen molar-refractivity contribution in [3.05, 3.63) is 35.4 Å². The minimum atomic E-state index is -4.28. The molecular formula is C10H6BrF3. The first-order valence-corrected chi connectivity index (χ1v) is 4.88. The summed E-state index contributed by atoms with van der Waals surface area (Å²) in [6, 6.07) is 4.77. The first kappa shape index (κ1) is 11.1. The van der Waals surface area contributed by atoms with Crippen LogP contribution >= 0.6 is 15.9 Å². The summed E-state index contributed by atoms with van der Waals surface area (Å²) < 4.78 is 36.4. The number of benzene rings is 1. The normalized spacial score (nSPS) is 10.6. The van der Waals surface area contributed by atoms with Gasteiger partial charge in [0.15, 0.2) is 0 Å². The van der Waals surface area contributed by atoms with E-state index in [-0.39, 0.29) is 0 Å². The fourth-order valence-corrected chi connectivity index (χ4v) is 1.02. The largest absolute Gasteiger partial charge is 0.416 e. The van der Waals surface area contributed by atoms with Gasteiger partial charge >= 0.3 is 6.18 Å². The van der Waals surface area contributed by atoms with E-state index < -0.39 is 11.7 Å². The van der Waals surface area contributed by atoms with Gasteiger partial charge in [0.25, 0.3) is 0 Å². The van der Waals surface area contributed by atoms with Crippen LogP contribution in [0.1, 0.15) is 11.1 Å². The molecule has 0 aromatic heterocycles. The molecule has 0 spiro atoms. The number of alkyl halides is 4. The van der Waals surface area contributed by atoms with Gasteiger partial charge in [-0.2, -0.15) is 13.2 Å². The minimum Gasteiger partial charge on any atom is -0.166 e. The molecule has 0 fully saturated rings. The summed E-state index contributed by atoms with van der Waals surface area (Å²) in [4.78, 5) is 0. The van der Waals surface area contributed by atoms with Gasteiger partial charge in [-0.1, -0.05) is 27.8 Å². The summed E-state index contributed by atoms with van der Waals surface area (Å²) in [5.74, 6) is 5.42. The lowest BCUT2D eigenvalue weighted by Gasteiger charge is -2.05. The zero-order valence-electron chi connectivity index (χ0n) is 7.03. The Hall–Kier alpha value is -0.950. The highest BCUT2D eigenvalue weighted by Crippen LogP contribution is 2.28. The Labute approximate surface area is 88.3 Å². The molecule has 1 aromatic carbocycles. The Morgan fingerprint density at radius 2 is 1.71 bits per heavy atom. The number of hydrogen-bond donors (Lipinski definition) is 0. The topological polar surface area (TPSA) is 0 Å². The van der Waals surface area contributed by atoms with Gasteiger partial charge in [0, 0.05) is 5.56 Å². The van der Waals surface area contributed by atoms with Crippen LogP contribution in [-0.4, -0.2) is 5.33 Å². The maximum Gasteiger partial charge on any atom is 0.416 e. The zero-order chi connectivity index (χ0) is 10.6. The van der Waals surface area contributed by atoms with Gasteiger partial charge in [0.2, 0.25) is 0 Å². The average molecular weight is 263 g/mol. The summed E-state index contributed by atoms with van der Waals surface area (Å²) in [5.41, 5.74) is -0.0701. The van der Waals surface area contributed by atoms with Crippen LogP contribution in [0.5, 0.6) is 0 Å². The molecule has 0 unspecified atom stereocenters. The van der Waals surface area contributed by atoms with Crippen LogP contribution < -0.4 is 0 Å². The Morgan fingerprint density at radius 3 is 2.14 bits per heavy atom. The van der Waals surface area contributed by atoms with Crippen LogP contribution in [0.4, 0.5) is 13.2 Å². The molecule has 0 saturated heterocycles. The minimum absolute atomic E-state index is 0.508. The molecule has 74 valence electrons. The molecule has 0 amide bonds. The van der Waals surface area contributed by atoms with Crippen molar-refractivity contribution >= 4 is 15.9 Å². The van der Waals surface area contributed by atoms with Gasteiger partial charge < -0.3 is 0 Å². The lowest BCUT2D eigenvalue weighted by Crippen LogP contribution is -2.04. The SMILES string of the molecule is FC(F)(F)c1ccc(C#CCBr)cc1. The molecule has 0 aliphatic carbocycles. The van der Waals surface area contributed by atoms with Gasteiger partial charge in [-0.05, 0) is 24.3 Å². The van der Waals surface area contributed by atoms with Crippen molar-refractivity contribution in [2.75, 3.05) is 5.33 Å². The maximum absolute atomic E-state index is 12.1. The second-order valence-corrected chi connectivity index (χ2v) is 3.07. The average Bonchev–Trinajstić information content (AvgIpc) is 2.14.